The van der Waals surface area contributed by atoms with Crippen LogP contribution in [0.2, 0.25) is 0 Å². The molecule has 4 aliphatic carbocycles. The Hall–Kier alpha value is -0.930. The number of Topliss-reactive ketones (excluding diaryl/α,β-unsaturated/α-hetero) is 1. The van der Waals surface area contributed by atoms with Gasteiger partial charge in [-0.1, -0.05) is 59.0 Å². The van der Waals surface area contributed by atoms with Gasteiger partial charge in [0.1, 0.15) is 5.78 Å². The third-order valence-corrected chi connectivity index (χ3v) is 10.7. The predicted octanol–water partition coefficient (Wildman–Crippen LogP) is 7.21. The molecule has 0 aliphatic heterocycles. The monoisotopic (exact) mass is 433 g/mol. The van der Waals surface area contributed by atoms with E-state index >= 15 is 4.39 Å². The van der Waals surface area contributed by atoms with Crippen LogP contribution in [0.5, 0.6) is 0 Å². The number of carbonyl (C=O) groups excluding carboxylic acids is 1. The van der Waals surface area contributed by atoms with Gasteiger partial charge in [0.05, 0.1) is 5.71 Å². The third-order valence-electron chi connectivity index (χ3n) is 10.7. The summed E-state index contributed by atoms with van der Waals surface area (Å²) in [7, 11) is 0. The van der Waals surface area contributed by atoms with Gasteiger partial charge in [-0.15, -0.1) is 0 Å². The lowest BCUT2D eigenvalue weighted by molar-refractivity contribution is -0.145. The minimum atomic E-state index is -1.76. The number of halogens is 1. The molecule has 4 heteroatoms. The maximum absolute atomic E-state index is 16.4. The molecule has 0 saturated heterocycles. The second-order valence-corrected chi connectivity index (χ2v) is 12.6. The van der Waals surface area contributed by atoms with Gasteiger partial charge in [0, 0.05) is 18.3 Å². The number of carbonyl (C=O) groups is 1. The van der Waals surface area contributed by atoms with Crippen LogP contribution < -0.4 is 0 Å². The van der Waals surface area contributed by atoms with Crippen LogP contribution in [0.1, 0.15) is 105 Å². The number of fused-ring (bicyclic) bond motifs is 5. The molecule has 1 N–H and O–H groups in total. The van der Waals surface area contributed by atoms with E-state index in [2.05, 4.69) is 39.8 Å². The molecular formula is C27H44FNO2. The highest BCUT2D eigenvalue weighted by Gasteiger charge is 2.68. The van der Waals surface area contributed by atoms with Crippen molar-refractivity contribution in [3.05, 3.63) is 0 Å². The van der Waals surface area contributed by atoms with Gasteiger partial charge in [-0.25, -0.2) is 4.39 Å². The van der Waals surface area contributed by atoms with E-state index in [1.165, 1.54) is 38.5 Å². The molecule has 3 nitrogen and oxygen atoms in total. The first-order chi connectivity index (χ1) is 14.6. The van der Waals surface area contributed by atoms with Gasteiger partial charge >= 0.3 is 0 Å². The molecule has 0 heterocycles. The average Bonchev–Trinajstić information content (AvgIpc) is 3.05. The molecule has 0 unspecified atom stereocenters. The Balaban J connectivity index is 1.58. The van der Waals surface area contributed by atoms with E-state index in [4.69, 9.17) is 0 Å². The minimum Gasteiger partial charge on any atom is -0.411 e. The summed E-state index contributed by atoms with van der Waals surface area (Å²) >= 11 is 0. The van der Waals surface area contributed by atoms with Gasteiger partial charge in [-0.2, -0.15) is 0 Å². The fourth-order valence-electron chi connectivity index (χ4n) is 8.96. The lowest BCUT2D eigenvalue weighted by Crippen LogP contribution is -2.64. The maximum Gasteiger partial charge on any atom is 0.164 e. The average molecular weight is 434 g/mol. The molecule has 31 heavy (non-hydrogen) atoms. The summed E-state index contributed by atoms with van der Waals surface area (Å²) < 4.78 is 16.4. The van der Waals surface area contributed by atoms with Crippen molar-refractivity contribution >= 4 is 11.5 Å². The summed E-state index contributed by atoms with van der Waals surface area (Å²) in [6.45, 7) is 11.7. The molecule has 4 saturated carbocycles. The topological polar surface area (TPSA) is 49.7 Å². The summed E-state index contributed by atoms with van der Waals surface area (Å²) in [6, 6.07) is 0. The van der Waals surface area contributed by atoms with Crippen LogP contribution >= 0.6 is 0 Å². The van der Waals surface area contributed by atoms with Crippen molar-refractivity contribution in [3.8, 4) is 0 Å². The van der Waals surface area contributed by atoms with Gasteiger partial charge < -0.3 is 5.21 Å². The molecular weight excluding hydrogens is 389 g/mol. The van der Waals surface area contributed by atoms with E-state index in [1.54, 1.807) is 0 Å². The second kappa shape index (κ2) is 8.13. The van der Waals surface area contributed by atoms with Gasteiger partial charge in [-0.3, -0.25) is 4.79 Å². The van der Waals surface area contributed by atoms with E-state index in [0.717, 1.165) is 24.2 Å². The molecule has 0 radical (unpaired) electrons. The lowest BCUT2D eigenvalue weighted by Gasteiger charge is -2.62. The standard InChI is InChI=1S/C27H44FNO2/c1-17(2)7-6-8-18(3)21-9-10-22-20-15-24(29-31)27(28)16-19(30)11-14-26(27,5)23(20)12-13-25(21,22)4/h17-18,20-23,31H,6-16H2,1-5H3/b29-24+/t18-,20+,21-,22+,23+,25-,26-,27+/m1/s1. The number of hydrogen-bond acceptors (Lipinski definition) is 3. The van der Waals surface area contributed by atoms with Crippen molar-refractivity contribution in [1.29, 1.82) is 0 Å². The van der Waals surface area contributed by atoms with Gasteiger partial charge in [0.25, 0.3) is 0 Å². The molecule has 0 aromatic heterocycles. The minimum absolute atomic E-state index is 0.0172. The van der Waals surface area contributed by atoms with Crippen LogP contribution in [0.25, 0.3) is 0 Å². The quantitative estimate of drug-likeness (QED) is 0.368. The fourth-order valence-corrected chi connectivity index (χ4v) is 8.96. The van der Waals surface area contributed by atoms with Crippen molar-refractivity contribution in [1.82, 2.24) is 0 Å². The molecule has 0 amide bonds. The Bertz CT molecular complexity index is 735. The van der Waals surface area contributed by atoms with Crippen LogP contribution in [0.4, 0.5) is 4.39 Å². The Morgan fingerprint density at radius 2 is 1.84 bits per heavy atom. The van der Waals surface area contributed by atoms with Crippen LogP contribution in [0.15, 0.2) is 5.16 Å². The summed E-state index contributed by atoms with van der Waals surface area (Å²) in [5.74, 6) is 3.51. The first kappa shape index (κ1) is 23.2. The molecule has 176 valence electrons. The van der Waals surface area contributed by atoms with Gasteiger partial charge in [-0.05, 0) is 79.4 Å². The largest absolute Gasteiger partial charge is 0.411 e. The summed E-state index contributed by atoms with van der Waals surface area (Å²) in [6.07, 6.45) is 10.2. The Kier molecular flexibility index (Phi) is 6.10. The first-order valence-corrected chi connectivity index (χ1v) is 13.0. The van der Waals surface area contributed by atoms with E-state index in [0.29, 0.717) is 42.4 Å². The van der Waals surface area contributed by atoms with E-state index in [1.807, 2.05) is 0 Å². The molecule has 4 rings (SSSR count). The number of hydrogen-bond donors (Lipinski definition) is 1. The van der Waals surface area contributed by atoms with Crippen molar-refractivity contribution < 1.29 is 14.4 Å². The van der Waals surface area contributed by atoms with Crippen molar-refractivity contribution in [3.63, 3.8) is 0 Å². The van der Waals surface area contributed by atoms with Crippen LogP contribution in [-0.2, 0) is 4.79 Å². The van der Waals surface area contributed by atoms with Crippen molar-refractivity contribution in [2.75, 3.05) is 0 Å². The zero-order valence-corrected chi connectivity index (χ0v) is 20.4. The molecule has 8 atom stereocenters. The Morgan fingerprint density at radius 1 is 1.10 bits per heavy atom. The zero-order chi connectivity index (χ0) is 22.6. The van der Waals surface area contributed by atoms with Gasteiger partial charge in [0.2, 0.25) is 0 Å². The summed E-state index contributed by atoms with van der Waals surface area (Å²) in [5, 5.41) is 13.3. The lowest BCUT2D eigenvalue weighted by atomic mass is 9.43. The van der Waals surface area contributed by atoms with Crippen LogP contribution in [-0.4, -0.2) is 22.4 Å². The molecule has 0 spiro atoms. The number of ketones is 1. The Labute approximate surface area is 188 Å². The second-order valence-electron chi connectivity index (χ2n) is 12.6. The fraction of sp³-hybridized carbons (Fsp3) is 0.926. The number of oxime groups is 1. The molecule has 0 aromatic carbocycles. The Morgan fingerprint density at radius 3 is 2.52 bits per heavy atom. The highest BCUT2D eigenvalue weighted by atomic mass is 19.1. The SMILES string of the molecule is CC(C)CCC[C@@H](C)[C@H]1CC[C@H]2[C@@H]3C/C(=N\O)[C@@]4(F)CC(=O)CC[C@]4(C)[C@H]3CC[C@]12C. The molecule has 4 aliphatic rings. The van der Waals surface area contributed by atoms with Crippen LogP contribution in [0, 0.1) is 46.3 Å². The smallest absolute Gasteiger partial charge is 0.164 e. The maximum atomic E-state index is 16.4. The number of nitrogens with zero attached hydrogens (tertiary/aromatic N) is 1. The molecule has 0 bridgehead atoms. The highest BCUT2D eigenvalue weighted by molar-refractivity contribution is 5.99. The zero-order valence-electron chi connectivity index (χ0n) is 20.4. The molecule has 4 fully saturated rings. The number of alkyl halides is 1. The summed E-state index contributed by atoms with van der Waals surface area (Å²) in [4.78, 5) is 12.2. The highest BCUT2D eigenvalue weighted by Crippen LogP contribution is 2.69. The van der Waals surface area contributed by atoms with E-state index in [9.17, 15) is 10.0 Å². The summed E-state index contributed by atoms with van der Waals surface area (Å²) in [5.41, 5.74) is -1.75. The number of rotatable bonds is 5. The predicted molar refractivity (Wildman–Crippen MR) is 123 cm³/mol. The van der Waals surface area contributed by atoms with E-state index < -0.39 is 11.1 Å². The van der Waals surface area contributed by atoms with Gasteiger partial charge in [0.15, 0.2) is 5.67 Å². The normalized spacial score (nSPS) is 47.2. The first-order valence-electron chi connectivity index (χ1n) is 13.0. The third kappa shape index (κ3) is 3.50. The molecule has 0 aromatic rings. The van der Waals surface area contributed by atoms with Crippen molar-refractivity contribution in [2.45, 2.75) is 111 Å². The van der Waals surface area contributed by atoms with Crippen LogP contribution in [0.3, 0.4) is 0 Å². The van der Waals surface area contributed by atoms with E-state index in [-0.39, 0.29) is 17.9 Å². The van der Waals surface area contributed by atoms with Crippen molar-refractivity contribution in [2.24, 2.45) is 51.5 Å².